The molecule has 0 saturated carbocycles. The van der Waals surface area contributed by atoms with Crippen molar-refractivity contribution >= 4 is 22.7 Å². The van der Waals surface area contributed by atoms with Gasteiger partial charge in [-0.2, -0.15) is 0 Å². The van der Waals surface area contributed by atoms with Gasteiger partial charge in [0.25, 0.3) is 0 Å². The van der Waals surface area contributed by atoms with E-state index in [0.29, 0.717) is 28.7 Å². The van der Waals surface area contributed by atoms with Crippen LogP contribution < -0.4 is 0 Å². The van der Waals surface area contributed by atoms with Crippen LogP contribution in [0.25, 0.3) is 10.9 Å². The second-order valence-corrected chi connectivity index (χ2v) is 4.40. The molecule has 2 N–H and O–H groups in total. The van der Waals surface area contributed by atoms with Gasteiger partial charge in [-0.3, -0.25) is 4.79 Å². The summed E-state index contributed by atoms with van der Waals surface area (Å²) in [7, 11) is 0. The third kappa shape index (κ3) is 2.02. The summed E-state index contributed by atoms with van der Waals surface area (Å²) in [5, 5.41) is 18.8. The summed E-state index contributed by atoms with van der Waals surface area (Å²) in [6, 6.07) is 4.89. The maximum Gasteiger partial charge on any atom is 0.336 e. The number of hydrogen-bond acceptors (Lipinski definition) is 3. The molecular weight excluding hydrogens is 246 g/mol. The molecule has 0 spiro atoms. The molecule has 0 aliphatic rings. The van der Waals surface area contributed by atoms with Crippen molar-refractivity contribution in [1.82, 2.24) is 4.57 Å². The first-order chi connectivity index (χ1) is 8.99. The van der Waals surface area contributed by atoms with Gasteiger partial charge in [-0.1, -0.05) is 6.07 Å². The lowest BCUT2D eigenvalue weighted by Crippen LogP contribution is -2.05. The van der Waals surface area contributed by atoms with E-state index >= 15 is 0 Å². The average Bonchev–Trinajstić information content (AvgIpc) is 2.62. The third-order valence-electron chi connectivity index (χ3n) is 3.26. The topological polar surface area (TPSA) is 79.5 Å². The predicted molar refractivity (Wildman–Crippen MR) is 70.7 cm³/mol. The fourth-order valence-electron chi connectivity index (χ4n) is 2.52. The molecule has 5 nitrogen and oxygen atoms in total. The first-order valence-corrected chi connectivity index (χ1v) is 5.96. The SMILES string of the molecule is CC(=O)c1c(C)n(CCO)c2cccc(C(=O)O)c12. The third-order valence-corrected chi connectivity index (χ3v) is 3.26. The van der Waals surface area contributed by atoms with E-state index in [1.54, 1.807) is 23.6 Å². The number of fused-ring (bicyclic) bond motifs is 1. The van der Waals surface area contributed by atoms with Gasteiger partial charge in [0.05, 0.1) is 12.2 Å². The molecule has 2 rings (SSSR count). The van der Waals surface area contributed by atoms with Crippen molar-refractivity contribution in [1.29, 1.82) is 0 Å². The van der Waals surface area contributed by atoms with Crippen molar-refractivity contribution in [3.8, 4) is 0 Å². The quantitative estimate of drug-likeness (QED) is 0.823. The summed E-state index contributed by atoms with van der Waals surface area (Å²) >= 11 is 0. The smallest absolute Gasteiger partial charge is 0.336 e. The zero-order valence-corrected chi connectivity index (χ0v) is 10.8. The lowest BCUT2D eigenvalue weighted by atomic mass is 10.0. The Hall–Kier alpha value is -2.14. The molecule has 0 saturated heterocycles. The highest BCUT2D eigenvalue weighted by atomic mass is 16.4. The summed E-state index contributed by atoms with van der Waals surface area (Å²) < 4.78 is 1.78. The summed E-state index contributed by atoms with van der Waals surface area (Å²) in [5.41, 5.74) is 1.88. The summed E-state index contributed by atoms with van der Waals surface area (Å²) in [5.74, 6) is -1.23. The normalized spacial score (nSPS) is 10.9. The number of aliphatic hydroxyl groups excluding tert-OH is 1. The molecule has 0 fully saturated rings. The van der Waals surface area contributed by atoms with Crippen molar-refractivity contribution in [3.63, 3.8) is 0 Å². The van der Waals surface area contributed by atoms with Crippen LogP contribution in [0, 0.1) is 6.92 Å². The molecule has 1 aromatic heterocycles. The number of nitrogens with zero attached hydrogens (tertiary/aromatic N) is 1. The second-order valence-electron chi connectivity index (χ2n) is 4.40. The Bertz CT molecular complexity index is 670. The summed E-state index contributed by atoms with van der Waals surface area (Å²) in [4.78, 5) is 23.1. The number of carbonyl (C=O) groups is 2. The van der Waals surface area contributed by atoms with Crippen LogP contribution in [0.2, 0.25) is 0 Å². The van der Waals surface area contributed by atoms with Gasteiger partial charge < -0.3 is 14.8 Å². The fraction of sp³-hybridized carbons (Fsp3) is 0.286. The van der Waals surface area contributed by atoms with E-state index < -0.39 is 5.97 Å². The Labute approximate surface area is 110 Å². The molecule has 2 aromatic rings. The first-order valence-electron chi connectivity index (χ1n) is 5.96. The highest BCUT2D eigenvalue weighted by molar-refractivity contribution is 6.15. The van der Waals surface area contributed by atoms with E-state index in [1.165, 1.54) is 13.0 Å². The number of hydrogen-bond donors (Lipinski definition) is 2. The molecule has 0 unspecified atom stereocenters. The van der Waals surface area contributed by atoms with Gasteiger partial charge in [0, 0.05) is 28.7 Å². The van der Waals surface area contributed by atoms with Crippen LogP contribution in [0.1, 0.15) is 33.3 Å². The van der Waals surface area contributed by atoms with E-state index in [-0.39, 0.29) is 18.0 Å². The fourth-order valence-corrected chi connectivity index (χ4v) is 2.52. The Morgan fingerprint density at radius 2 is 2.00 bits per heavy atom. The number of carboxylic acid groups (broad SMARTS) is 1. The van der Waals surface area contributed by atoms with E-state index in [4.69, 9.17) is 5.11 Å². The first kappa shape index (κ1) is 13.3. The van der Waals surface area contributed by atoms with Crippen LogP contribution in [-0.2, 0) is 6.54 Å². The van der Waals surface area contributed by atoms with Crippen molar-refractivity contribution in [2.24, 2.45) is 0 Å². The number of aromatic carboxylic acids is 1. The molecule has 100 valence electrons. The van der Waals surface area contributed by atoms with Crippen LogP contribution in [0.4, 0.5) is 0 Å². The van der Waals surface area contributed by atoms with Crippen LogP contribution in [0.3, 0.4) is 0 Å². The Balaban J connectivity index is 2.94. The number of benzene rings is 1. The Morgan fingerprint density at radius 1 is 1.32 bits per heavy atom. The lowest BCUT2D eigenvalue weighted by Gasteiger charge is -2.05. The molecule has 0 aliphatic carbocycles. The van der Waals surface area contributed by atoms with E-state index in [9.17, 15) is 14.7 Å². The van der Waals surface area contributed by atoms with Crippen LogP contribution >= 0.6 is 0 Å². The number of rotatable bonds is 4. The highest BCUT2D eigenvalue weighted by Crippen LogP contribution is 2.29. The monoisotopic (exact) mass is 261 g/mol. The Kier molecular flexibility index (Phi) is 3.40. The minimum absolute atomic E-state index is 0.0702. The number of carbonyl (C=O) groups excluding carboxylic acids is 1. The van der Waals surface area contributed by atoms with Crippen LogP contribution in [0.5, 0.6) is 0 Å². The molecule has 5 heteroatoms. The lowest BCUT2D eigenvalue weighted by molar-refractivity contribution is 0.0699. The van der Waals surface area contributed by atoms with E-state index in [2.05, 4.69) is 0 Å². The zero-order chi connectivity index (χ0) is 14.2. The molecule has 19 heavy (non-hydrogen) atoms. The molecule has 0 radical (unpaired) electrons. The number of aliphatic hydroxyl groups is 1. The molecular formula is C14H15NO4. The maximum absolute atomic E-state index is 11.8. The van der Waals surface area contributed by atoms with Crippen LogP contribution in [0.15, 0.2) is 18.2 Å². The van der Waals surface area contributed by atoms with Gasteiger partial charge in [0.1, 0.15) is 0 Å². The van der Waals surface area contributed by atoms with Crippen molar-refractivity contribution in [2.45, 2.75) is 20.4 Å². The molecule has 0 amide bonds. The van der Waals surface area contributed by atoms with Crippen molar-refractivity contribution in [3.05, 3.63) is 35.0 Å². The average molecular weight is 261 g/mol. The molecule has 0 bridgehead atoms. The summed E-state index contributed by atoms with van der Waals surface area (Å²) in [6.45, 7) is 3.44. The standard InChI is InChI=1S/C14H15NO4/c1-8-12(9(2)17)13-10(14(18)19)4-3-5-11(13)15(8)6-7-16/h3-5,16H,6-7H2,1-2H3,(H,18,19). The van der Waals surface area contributed by atoms with Crippen LogP contribution in [-0.4, -0.2) is 33.1 Å². The number of ketones is 1. The van der Waals surface area contributed by atoms with Gasteiger partial charge in [0.15, 0.2) is 5.78 Å². The predicted octanol–water partition coefficient (Wildman–Crippen LogP) is 1.84. The maximum atomic E-state index is 11.8. The number of aromatic nitrogens is 1. The summed E-state index contributed by atoms with van der Waals surface area (Å²) in [6.07, 6.45) is 0. The largest absolute Gasteiger partial charge is 0.478 e. The minimum atomic E-state index is -1.06. The number of carboxylic acids is 1. The zero-order valence-electron chi connectivity index (χ0n) is 10.8. The Morgan fingerprint density at radius 3 is 2.53 bits per heavy atom. The van der Waals surface area contributed by atoms with Crippen molar-refractivity contribution in [2.75, 3.05) is 6.61 Å². The molecule has 1 aromatic carbocycles. The number of Topliss-reactive ketones (excluding diaryl/α,β-unsaturated/α-hetero) is 1. The van der Waals surface area contributed by atoms with E-state index in [1.807, 2.05) is 0 Å². The van der Waals surface area contributed by atoms with E-state index in [0.717, 1.165) is 0 Å². The van der Waals surface area contributed by atoms with Gasteiger partial charge >= 0.3 is 5.97 Å². The van der Waals surface area contributed by atoms with Gasteiger partial charge in [-0.25, -0.2) is 4.79 Å². The molecule has 1 heterocycles. The van der Waals surface area contributed by atoms with Crippen molar-refractivity contribution < 1.29 is 19.8 Å². The minimum Gasteiger partial charge on any atom is -0.478 e. The van der Waals surface area contributed by atoms with Gasteiger partial charge in [-0.05, 0) is 26.0 Å². The van der Waals surface area contributed by atoms with Gasteiger partial charge in [0.2, 0.25) is 0 Å². The second kappa shape index (κ2) is 4.85. The molecule has 0 aliphatic heterocycles. The highest BCUT2D eigenvalue weighted by Gasteiger charge is 2.21. The van der Waals surface area contributed by atoms with Gasteiger partial charge in [-0.15, -0.1) is 0 Å². The molecule has 0 atom stereocenters.